The summed E-state index contributed by atoms with van der Waals surface area (Å²) >= 11 is 0.358. The topological polar surface area (TPSA) is 97.0 Å². The number of rotatable bonds is 7. The van der Waals surface area contributed by atoms with Crippen molar-refractivity contribution >= 4 is 29.5 Å². The number of hydrogen-bond acceptors (Lipinski definition) is 6. The Hall–Kier alpha value is -3.71. The van der Waals surface area contributed by atoms with Crippen LogP contribution in [0.2, 0.25) is 0 Å². The van der Waals surface area contributed by atoms with Crippen LogP contribution >= 0.6 is 11.8 Å². The van der Waals surface area contributed by atoms with E-state index in [0.717, 1.165) is 0 Å². The van der Waals surface area contributed by atoms with Gasteiger partial charge in [-0.1, -0.05) is 30.0 Å². The van der Waals surface area contributed by atoms with Gasteiger partial charge >= 0.3 is 5.97 Å². The first-order chi connectivity index (χ1) is 14.5. The van der Waals surface area contributed by atoms with Crippen LogP contribution in [0.15, 0.2) is 65.7 Å². The third-order valence-electron chi connectivity index (χ3n) is 3.80. The fraction of sp³-hybridized carbons (Fsp3) is 0.100. The van der Waals surface area contributed by atoms with Crippen LogP contribution < -0.4 is 5.32 Å². The number of halogens is 2. The van der Waals surface area contributed by atoms with Crippen LogP contribution in [0.1, 0.15) is 15.9 Å². The Morgan fingerprint density at radius 1 is 1.17 bits per heavy atom. The van der Waals surface area contributed by atoms with E-state index in [1.54, 1.807) is 24.3 Å². The molecule has 1 amide bonds. The van der Waals surface area contributed by atoms with E-state index >= 15 is 0 Å². The van der Waals surface area contributed by atoms with E-state index in [1.165, 1.54) is 35.1 Å². The summed E-state index contributed by atoms with van der Waals surface area (Å²) in [7, 11) is 0. The number of carbonyl (C=O) groups excluding carboxylic acids is 2. The zero-order valence-electron chi connectivity index (χ0n) is 15.3. The minimum Gasteiger partial charge on any atom is -0.452 e. The number of amides is 1. The molecule has 0 atom stereocenters. The number of ether oxygens (including phenoxy) is 1. The van der Waals surface area contributed by atoms with E-state index in [4.69, 9.17) is 4.74 Å². The van der Waals surface area contributed by atoms with E-state index < -0.39 is 24.2 Å². The summed E-state index contributed by atoms with van der Waals surface area (Å²) in [4.78, 5) is 24.6. The summed E-state index contributed by atoms with van der Waals surface area (Å²) in [5.41, 5.74) is 0.896. The quantitative estimate of drug-likeness (QED) is 0.454. The van der Waals surface area contributed by atoms with Crippen molar-refractivity contribution in [1.82, 2.24) is 9.78 Å². The molecule has 0 aliphatic carbocycles. The highest BCUT2D eigenvalue weighted by Crippen LogP contribution is 2.25. The standard InChI is InChI=1S/C20H14F2N4O3S/c21-20(22)30-16-8-6-13(7-9-16)19(28)29-12-17(27)25-18-14(10-23)11-24-26(18)15-4-2-1-3-5-15/h1-9,11,20H,12H2,(H,25,27). The molecular weight excluding hydrogens is 414 g/mol. The second-order valence-electron chi connectivity index (χ2n) is 5.79. The van der Waals surface area contributed by atoms with Crippen LogP contribution in [-0.4, -0.2) is 34.0 Å². The van der Waals surface area contributed by atoms with Crippen LogP contribution in [0.25, 0.3) is 5.69 Å². The van der Waals surface area contributed by atoms with Crippen molar-refractivity contribution in [3.05, 3.63) is 71.9 Å². The number of thioether (sulfide) groups is 1. The van der Waals surface area contributed by atoms with E-state index in [2.05, 4.69) is 10.4 Å². The molecule has 0 fully saturated rings. The molecule has 1 aromatic heterocycles. The average Bonchev–Trinajstić information content (AvgIpc) is 3.15. The lowest BCUT2D eigenvalue weighted by Gasteiger charge is -2.10. The van der Waals surface area contributed by atoms with Gasteiger partial charge in [-0.15, -0.1) is 0 Å². The molecule has 0 spiro atoms. The largest absolute Gasteiger partial charge is 0.452 e. The van der Waals surface area contributed by atoms with Gasteiger partial charge in [0.25, 0.3) is 11.7 Å². The minimum atomic E-state index is -2.56. The predicted molar refractivity (Wildman–Crippen MR) is 105 cm³/mol. The van der Waals surface area contributed by atoms with Gasteiger partial charge in [0.1, 0.15) is 11.6 Å². The molecule has 0 saturated carbocycles. The zero-order chi connectivity index (χ0) is 21.5. The average molecular weight is 428 g/mol. The molecule has 0 radical (unpaired) electrons. The summed E-state index contributed by atoms with van der Waals surface area (Å²) in [5.74, 6) is -3.86. The number of esters is 1. The first-order valence-corrected chi connectivity index (χ1v) is 9.41. The highest BCUT2D eigenvalue weighted by molar-refractivity contribution is 7.99. The van der Waals surface area contributed by atoms with Crippen molar-refractivity contribution in [3.63, 3.8) is 0 Å². The number of alkyl halides is 2. The maximum atomic E-state index is 12.3. The zero-order valence-corrected chi connectivity index (χ0v) is 16.1. The van der Waals surface area contributed by atoms with Crippen LogP contribution in [0, 0.1) is 11.3 Å². The van der Waals surface area contributed by atoms with Crippen molar-refractivity contribution in [2.24, 2.45) is 0 Å². The molecule has 1 N–H and O–H groups in total. The Morgan fingerprint density at radius 2 is 1.87 bits per heavy atom. The van der Waals surface area contributed by atoms with Gasteiger partial charge in [0.05, 0.1) is 17.4 Å². The molecule has 1 heterocycles. The highest BCUT2D eigenvalue weighted by Gasteiger charge is 2.17. The fourth-order valence-corrected chi connectivity index (χ4v) is 2.97. The number of benzene rings is 2. The second kappa shape index (κ2) is 9.67. The molecule has 7 nitrogen and oxygen atoms in total. The van der Waals surface area contributed by atoms with Gasteiger partial charge < -0.3 is 10.1 Å². The number of para-hydroxylation sites is 1. The smallest absolute Gasteiger partial charge is 0.338 e. The Morgan fingerprint density at radius 3 is 2.50 bits per heavy atom. The highest BCUT2D eigenvalue weighted by atomic mass is 32.2. The minimum absolute atomic E-state index is 0.119. The Kier molecular flexibility index (Phi) is 6.77. The normalized spacial score (nSPS) is 10.5. The molecule has 0 saturated heterocycles. The maximum Gasteiger partial charge on any atom is 0.338 e. The monoisotopic (exact) mass is 428 g/mol. The number of anilines is 1. The summed E-state index contributed by atoms with van der Waals surface area (Å²) < 4.78 is 31.0. The van der Waals surface area contributed by atoms with Crippen molar-refractivity contribution in [2.75, 3.05) is 11.9 Å². The SMILES string of the molecule is N#Cc1cnn(-c2ccccc2)c1NC(=O)COC(=O)c1ccc(SC(F)F)cc1. The maximum absolute atomic E-state index is 12.3. The van der Waals surface area contributed by atoms with Crippen molar-refractivity contribution < 1.29 is 23.1 Å². The molecular formula is C20H14F2N4O3S. The second-order valence-corrected chi connectivity index (χ2v) is 6.86. The number of nitriles is 1. The Labute approximate surface area is 174 Å². The molecule has 0 aliphatic rings. The summed E-state index contributed by atoms with van der Waals surface area (Å²) in [5, 5.41) is 15.9. The van der Waals surface area contributed by atoms with Gasteiger partial charge in [0.2, 0.25) is 0 Å². The summed E-state index contributed by atoms with van der Waals surface area (Å²) in [6.45, 7) is -0.600. The third-order valence-corrected chi connectivity index (χ3v) is 4.52. The van der Waals surface area contributed by atoms with Crippen LogP contribution in [0.4, 0.5) is 14.6 Å². The van der Waals surface area contributed by atoms with E-state index in [0.29, 0.717) is 22.3 Å². The number of hydrogen-bond donors (Lipinski definition) is 1. The third kappa shape index (κ3) is 5.21. The molecule has 2 aromatic carbocycles. The van der Waals surface area contributed by atoms with Crippen LogP contribution in [0.3, 0.4) is 0 Å². The Bertz CT molecular complexity index is 1080. The van der Waals surface area contributed by atoms with E-state index in [-0.39, 0.29) is 16.9 Å². The van der Waals surface area contributed by atoms with Crippen LogP contribution in [-0.2, 0) is 9.53 Å². The Balaban J connectivity index is 1.63. The van der Waals surface area contributed by atoms with E-state index in [1.807, 2.05) is 12.1 Å². The molecule has 3 rings (SSSR count). The van der Waals surface area contributed by atoms with Gasteiger partial charge in [0, 0.05) is 4.90 Å². The van der Waals surface area contributed by atoms with Gasteiger partial charge in [0.15, 0.2) is 12.4 Å². The van der Waals surface area contributed by atoms with Gasteiger partial charge in [-0.05, 0) is 36.4 Å². The lowest BCUT2D eigenvalue weighted by molar-refractivity contribution is -0.119. The van der Waals surface area contributed by atoms with Crippen molar-refractivity contribution in [2.45, 2.75) is 10.7 Å². The number of nitrogens with zero attached hydrogens (tertiary/aromatic N) is 3. The first kappa shape index (κ1) is 21.0. The molecule has 10 heteroatoms. The number of nitrogens with one attached hydrogen (secondary N) is 1. The molecule has 0 aliphatic heterocycles. The molecule has 30 heavy (non-hydrogen) atoms. The summed E-state index contributed by atoms with van der Waals surface area (Å²) in [6.07, 6.45) is 1.31. The molecule has 0 bridgehead atoms. The van der Waals surface area contributed by atoms with Gasteiger partial charge in [-0.3, -0.25) is 4.79 Å². The number of aromatic nitrogens is 2. The molecule has 0 unspecified atom stereocenters. The predicted octanol–water partition coefficient (Wildman–Crippen LogP) is 3.85. The van der Waals surface area contributed by atoms with Crippen LogP contribution in [0.5, 0.6) is 0 Å². The first-order valence-electron chi connectivity index (χ1n) is 8.53. The van der Waals surface area contributed by atoms with Crippen molar-refractivity contribution in [3.8, 4) is 11.8 Å². The van der Waals surface area contributed by atoms with Crippen molar-refractivity contribution in [1.29, 1.82) is 5.26 Å². The number of carbonyl (C=O) groups is 2. The fourth-order valence-electron chi connectivity index (χ4n) is 2.47. The van der Waals surface area contributed by atoms with Gasteiger partial charge in [-0.2, -0.15) is 19.1 Å². The molecule has 152 valence electrons. The summed E-state index contributed by atoms with van der Waals surface area (Å²) in [6, 6.07) is 16.2. The van der Waals surface area contributed by atoms with E-state index in [9.17, 15) is 23.6 Å². The molecule has 3 aromatic rings. The lowest BCUT2D eigenvalue weighted by Crippen LogP contribution is -2.22. The lowest BCUT2D eigenvalue weighted by atomic mass is 10.2. The van der Waals surface area contributed by atoms with Gasteiger partial charge in [-0.25, -0.2) is 9.48 Å².